The van der Waals surface area contributed by atoms with Crippen molar-refractivity contribution < 1.29 is 4.79 Å². The van der Waals surface area contributed by atoms with Gasteiger partial charge in [0.25, 0.3) is 0 Å². The molecule has 0 aliphatic carbocycles. The lowest BCUT2D eigenvalue weighted by molar-refractivity contribution is 0.0899. The topological polar surface area (TPSA) is 26.8 Å². The first-order valence-corrected chi connectivity index (χ1v) is 8.89. The van der Waals surface area contributed by atoms with E-state index in [2.05, 4.69) is 30.6 Å². The Balaban J connectivity index is 0.00000106. The Morgan fingerprint density at radius 2 is 1.43 bits per heavy atom. The van der Waals surface area contributed by atoms with Crippen molar-refractivity contribution in [3.63, 3.8) is 0 Å². The van der Waals surface area contributed by atoms with Crippen molar-refractivity contribution in [2.45, 2.75) is 59.9 Å². The van der Waals surface area contributed by atoms with Gasteiger partial charge in [0, 0.05) is 45.3 Å². The molecule has 4 nitrogen and oxygen atoms in total. The van der Waals surface area contributed by atoms with E-state index < -0.39 is 0 Å². The summed E-state index contributed by atoms with van der Waals surface area (Å²) in [5.74, 6) is 0.835. The molecule has 2 aliphatic rings. The monoisotopic (exact) mass is 297 g/mol. The lowest BCUT2D eigenvalue weighted by Crippen LogP contribution is -2.55. The highest BCUT2D eigenvalue weighted by molar-refractivity contribution is 5.74. The first-order chi connectivity index (χ1) is 10.1. The molecule has 0 N–H and O–H groups in total. The number of hydrogen-bond donors (Lipinski definition) is 0. The van der Waals surface area contributed by atoms with E-state index in [4.69, 9.17) is 0 Å². The maximum atomic E-state index is 12.5. The van der Waals surface area contributed by atoms with Crippen molar-refractivity contribution in [2.75, 3.05) is 39.3 Å². The molecule has 0 aromatic heterocycles. The first-order valence-electron chi connectivity index (χ1n) is 8.89. The van der Waals surface area contributed by atoms with Crippen molar-refractivity contribution in [2.24, 2.45) is 5.92 Å². The Morgan fingerprint density at radius 3 is 1.86 bits per heavy atom. The summed E-state index contributed by atoms with van der Waals surface area (Å²) in [5.41, 5.74) is 0. The van der Waals surface area contributed by atoms with Gasteiger partial charge in [-0.15, -0.1) is 0 Å². The van der Waals surface area contributed by atoms with Gasteiger partial charge < -0.3 is 9.80 Å². The zero-order chi connectivity index (χ0) is 15.8. The van der Waals surface area contributed by atoms with Crippen LogP contribution < -0.4 is 0 Å². The standard InChI is InChI=1S/C15H29N3O.C2H6/c1-4-14-5-7-17(8-6-14)15(19)18-11-9-16(10-12-18)13(2)3;1-2/h13-14H,4-12H2,1-3H3;1-2H3. The summed E-state index contributed by atoms with van der Waals surface area (Å²) in [4.78, 5) is 19.0. The van der Waals surface area contributed by atoms with Gasteiger partial charge >= 0.3 is 6.03 Å². The van der Waals surface area contributed by atoms with Crippen LogP contribution in [0.4, 0.5) is 4.79 Å². The highest BCUT2D eigenvalue weighted by Crippen LogP contribution is 2.21. The highest BCUT2D eigenvalue weighted by atomic mass is 16.2. The number of carbonyl (C=O) groups excluding carboxylic acids is 1. The van der Waals surface area contributed by atoms with E-state index in [1.165, 1.54) is 19.3 Å². The molecule has 2 fully saturated rings. The van der Waals surface area contributed by atoms with Crippen molar-refractivity contribution in [3.8, 4) is 0 Å². The molecular formula is C17H35N3O. The predicted octanol–water partition coefficient (Wildman–Crippen LogP) is 3.28. The summed E-state index contributed by atoms with van der Waals surface area (Å²) in [7, 11) is 0. The smallest absolute Gasteiger partial charge is 0.320 e. The van der Waals surface area contributed by atoms with Crippen LogP contribution in [0.1, 0.15) is 53.9 Å². The van der Waals surface area contributed by atoms with Gasteiger partial charge in [-0.2, -0.15) is 0 Å². The number of piperazine rings is 1. The van der Waals surface area contributed by atoms with Gasteiger partial charge in [0.1, 0.15) is 0 Å². The summed E-state index contributed by atoms with van der Waals surface area (Å²) >= 11 is 0. The molecule has 0 saturated carbocycles. The molecule has 2 aliphatic heterocycles. The minimum absolute atomic E-state index is 0.276. The van der Waals surface area contributed by atoms with E-state index in [-0.39, 0.29) is 6.03 Å². The second-order valence-electron chi connectivity index (χ2n) is 6.24. The molecule has 4 heteroatoms. The molecule has 2 amide bonds. The van der Waals surface area contributed by atoms with E-state index in [9.17, 15) is 4.79 Å². The third-order valence-corrected chi connectivity index (χ3v) is 4.78. The lowest BCUT2D eigenvalue weighted by atomic mass is 9.95. The number of piperidine rings is 1. The van der Waals surface area contributed by atoms with Crippen LogP contribution in [-0.2, 0) is 0 Å². The summed E-state index contributed by atoms with van der Waals surface area (Å²) < 4.78 is 0. The summed E-state index contributed by atoms with van der Waals surface area (Å²) in [5, 5.41) is 0. The molecule has 0 bridgehead atoms. The van der Waals surface area contributed by atoms with Crippen LogP contribution >= 0.6 is 0 Å². The minimum Gasteiger partial charge on any atom is -0.325 e. The SMILES string of the molecule is CC.CCC1CCN(C(=O)N2CCN(C(C)C)CC2)CC1. The first kappa shape index (κ1) is 18.3. The van der Waals surface area contributed by atoms with Crippen molar-refractivity contribution >= 4 is 6.03 Å². The Kier molecular flexibility index (Phi) is 8.09. The zero-order valence-electron chi connectivity index (χ0n) is 14.8. The van der Waals surface area contributed by atoms with Gasteiger partial charge in [0.15, 0.2) is 0 Å². The second-order valence-corrected chi connectivity index (χ2v) is 6.24. The number of urea groups is 1. The largest absolute Gasteiger partial charge is 0.325 e. The predicted molar refractivity (Wildman–Crippen MR) is 89.6 cm³/mol. The summed E-state index contributed by atoms with van der Waals surface area (Å²) in [6.07, 6.45) is 3.64. The maximum Gasteiger partial charge on any atom is 0.320 e. The van der Waals surface area contributed by atoms with Gasteiger partial charge in [-0.3, -0.25) is 4.90 Å². The second kappa shape index (κ2) is 9.29. The number of amides is 2. The van der Waals surface area contributed by atoms with Crippen LogP contribution in [0.2, 0.25) is 0 Å². The van der Waals surface area contributed by atoms with Crippen LogP contribution in [-0.4, -0.2) is 66.0 Å². The van der Waals surface area contributed by atoms with Gasteiger partial charge in [-0.1, -0.05) is 27.2 Å². The van der Waals surface area contributed by atoms with Gasteiger partial charge in [-0.25, -0.2) is 4.79 Å². The maximum absolute atomic E-state index is 12.5. The number of carbonyl (C=O) groups is 1. The van der Waals surface area contributed by atoms with E-state index in [0.29, 0.717) is 6.04 Å². The fourth-order valence-electron chi connectivity index (χ4n) is 3.16. The molecule has 21 heavy (non-hydrogen) atoms. The molecule has 124 valence electrons. The van der Waals surface area contributed by atoms with Gasteiger partial charge in [0.05, 0.1) is 0 Å². The average molecular weight is 297 g/mol. The molecule has 2 rings (SSSR count). The van der Waals surface area contributed by atoms with E-state index in [1.807, 2.05) is 18.7 Å². The zero-order valence-corrected chi connectivity index (χ0v) is 14.8. The molecule has 2 heterocycles. The van der Waals surface area contributed by atoms with Crippen molar-refractivity contribution in [1.82, 2.24) is 14.7 Å². The summed E-state index contributed by atoms with van der Waals surface area (Å²) in [6, 6.07) is 0.871. The third kappa shape index (κ3) is 5.17. The molecule has 0 aromatic rings. The molecule has 0 unspecified atom stereocenters. The van der Waals surface area contributed by atoms with Crippen LogP contribution in [0, 0.1) is 5.92 Å². The Bertz CT molecular complexity index is 290. The van der Waals surface area contributed by atoms with E-state index in [0.717, 1.165) is 45.2 Å². The third-order valence-electron chi connectivity index (χ3n) is 4.78. The van der Waals surface area contributed by atoms with Gasteiger partial charge in [-0.05, 0) is 32.6 Å². The Morgan fingerprint density at radius 1 is 0.952 bits per heavy atom. The highest BCUT2D eigenvalue weighted by Gasteiger charge is 2.28. The Hall–Kier alpha value is -0.770. The normalized spacial score (nSPS) is 21.2. The quantitative estimate of drug-likeness (QED) is 0.782. The number of nitrogens with zero attached hydrogens (tertiary/aromatic N) is 3. The molecular weight excluding hydrogens is 262 g/mol. The average Bonchev–Trinajstić information content (AvgIpc) is 2.56. The van der Waals surface area contributed by atoms with E-state index in [1.54, 1.807) is 0 Å². The molecule has 0 aromatic carbocycles. The van der Waals surface area contributed by atoms with E-state index >= 15 is 0 Å². The molecule has 0 radical (unpaired) electrons. The molecule has 0 spiro atoms. The van der Waals surface area contributed by atoms with Crippen LogP contribution in [0.3, 0.4) is 0 Å². The van der Waals surface area contributed by atoms with Crippen LogP contribution in [0.15, 0.2) is 0 Å². The molecule has 2 saturated heterocycles. The van der Waals surface area contributed by atoms with Gasteiger partial charge in [0.2, 0.25) is 0 Å². The summed E-state index contributed by atoms with van der Waals surface area (Å²) in [6.45, 7) is 16.5. The van der Waals surface area contributed by atoms with Crippen LogP contribution in [0.25, 0.3) is 0 Å². The number of rotatable bonds is 2. The van der Waals surface area contributed by atoms with Crippen LogP contribution in [0.5, 0.6) is 0 Å². The fourth-order valence-corrected chi connectivity index (χ4v) is 3.16. The van der Waals surface area contributed by atoms with Crippen molar-refractivity contribution in [3.05, 3.63) is 0 Å². The number of hydrogen-bond acceptors (Lipinski definition) is 2. The minimum atomic E-state index is 0.276. The molecule has 0 atom stereocenters. The van der Waals surface area contributed by atoms with Crippen molar-refractivity contribution in [1.29, 1.82) is 0 Å². The fraction of sp³-hybridized carbons (Fsp3) is 0.941. The Labute approximate surface area is 131 Å². The number of likely N-dealkylation sites (tertiary alicyclic amines) is 1. The lowest BCUT2D eigenvalue weighted by Gasteiger charge is -2.40.